The maximum absolute atomic E-state index is 5.78. The van der Waals surface area contributed by atoms with Crippen molar-refractivity contribution in [3.05, 3.63) is 35.9 Å². The Bertz CT molecular complexity index is 469. The summed E-state index contributed by atoms with van der Waals surface area (Å²) in [5.74, 6) is 1.24. The van der Waals surface area contributed by atoms with Gasteiger partial charge >= 0.3 is 0 Å². The van der Waals surface area contributed by atoms with Gasteiger partial charge in [-0.15, -0.1) is 24.0 Å². The molecule has 0 fully saturated rings. The van der Waals surface area contributed by atoms with Crippen LogP contribution in [0.2, 0.25) is 0 Å². The second-order valence-electron chi connectivity index (χ2n) is 6.53. The van der Waals surface area contributed by atoms with E-state index in [0.717, 1.165) is 38.6 Å². The third kappa shape index (κ3) is 13.4. The van der Waals surface area contributed by atoms with Crippen LogP contribution < -0.4 is 10.6 Å². The van der Waals surface area contributed by atoms with E-state index >= 15 is 0 Å². The number of ether oxygens (including phenoxy) is 2. The molecular weight excluding hydrogens is 441 g/mol. The summed E-state index contributed by atoms with van der Waals surface area (Å²) in [5, 5.41) is 6.63. The van der Waals surface area contributed by atoms with Crippen molar-refractivity contribution in [3.8, 4) is 0 Å². The molecule has 0 heterocycles. The smallest absolute Gasteiger partial charge is 0.191 e. The van der Waals surface area contributed by atoms with Gasteiger partial charge in [0, 0.05) is 26.2 Å². The lowest BCUT2D eigenvalue weighted by atomic mass is 10.2. The van der Waals surface area contributed by atoms with E-state index in [9.17, 15) is 0 Å². The second-order valence-corrected chi connectivity index (χ2v) is 6.53. The van der Waals surface area contributed by atoms with Gasteiger partial charge in [0.2, 0.25) is 0 Å². The first-order chi connectivity index (χ1) is 12.1. The van der Waals surface area contributed by atoms with E-state index in [1.165, 1.54) is 5.56 Å². The van der Waals surface area contributed by atoms with Crippen molar-refractivity contribution in [2.75, 3.05) is 32.8 Å². The molecule has 0 aliphatic carbocycles. The lowest BCUT2D eigenvalue weighted by Gasteiger charge is -2.14. The minimum absolute atomic E-state index is 0. The van der Waals surface area contributed by atoms with Crippen LogP contribution in [0, 0.1) is 5.92 Å². The average Bonchev–Trinajstić information content (AvgIpc) is 2.60. The normalized spacial score (nSPS) is 12.6. The highest BCUT2D eigenvalue weighted by molar-refractivity contribution is 14.0. The molecule has 1 atom stereocenters. The molecule has 0 aromatic heterocycles. The highest BCUT2D eigenvalue weighted by atomic mass is 127. The molecule has 0 radical (unpaired) electrons. The van der Waals surface area contributed by atoms with E-state index in [1.54, 1.807) is 0 Å². The maximum atomic E-state index is 5.78. The predicted octanol–water partition coefficient (Wildman–Crippen LogP) is 3.83. The Morgan fingerprint density at radius 1 is 1.12 bits per heavy atom. The van der Waals surface area contributed by atoms with Gasteiger partial charge in [0.05, 0.1) is 19.3 Å². The first-order valence-corrected chi connectivity index (χ1v) is 9.37. The average molecular weight is 477 g/mol. The van der Waals surface area contributed by atoms with Crippen LogP contribution in [0.1, 0.15) is 39.7 Å². The molecule has 0 saturated carbocycles. The van der Waals surface area contributed by atoms with Crippen LogP contribution in [0.25, 0.3) is 0 Å². The molecule has 1 aromatic carbocycles. The molecule has 0 aliphatic heterocycles. The first-order valence-electron chi connectivity index (χ1n) is 9.37. The predicted molar refractivity (Wildman–Crippen MR) is 120 cm³/mol. The van der Waals surface area contributed by atoms with Crippen LogP contribution in [0.4, 0.5) is 0 Å². The molecule has 0 bridgehead atoms. The van der Waals surface area contributed by atoms with E-state index in [-0.39, 0.29) is 24.0 Å². The summed E-state index contributed by atoms with van der Waals surface area (Å²) in [4.78, 5) is 4.65. The van der Waals surface area contributed by atoms with E-state index in [1.807, 2.05) is 18.2 Å². The molecule has 26 heavy (non-hydrogen) atoms. The topological polar surface area (TPSA) is 54.9 Å². The Hall–Kier alpha value is -0.860. The van der Waals surface area contributed by atoms with Crippen LogP contribution in [0.5, 0.6) is 0 Å². The standard InChI is InChI=1S/C20H35N3O2.HI/c1-5-21-20(22-12-9-13-25-17(2)3)23-14-18(4)15-24-16-19-10-7-6-8-11-19;/h6-8,10-11,17-18H,5,9,12-16H2,1-4H3,(H2,21,22,23);1H. The van der Waals surface area contributed by atoms with Crippen molar-refractivity contribution in [1.82, 2.24) is 10.6 Å². The third-order valence-corrected chi connectivity index (χ3v) is 3.48. The zero-order valence-electron chi connectivity index (χ0n) is 16.7. The Morgan fingerprint density at radius 3 is 2.50 bits per heavy atom. The van der Waals surface area contributed by atoms with Crippen LogP contribution in [-0.4, -0.2) is 44.9 Å². The van der Waals surface area contributed by atoms with E-state index in [2.05, 4.69) is 55.5 Å². The summed E-state index contributed by atoms with van der Waals surface area (Å²) in [6, 6.07) is 10.3. The van der Waals surface area contributed by atoms with Gasteiger partial charge in [-0.3, -0.25) is 4.99 Å². The minimum Gasteiger partial charge on any atom is -0.379 e. The molecular formula is C20H36IN3O2. The molecule has 2 N–H and O–H groups in total. The maximum Gasteiger partial charge on any atom is 0.191 e. The van der Waals surface area contributed by atoms with Gasteiger partial charge in [0.15, 0.2) is 5.96 Å². The van der Waals surface area contributed by atoms with Crippen LogP contribution in [0.3, 0.4) is 0 Å². The van der Waals surface area contributed by atoms with Crippen LogP contribution in [-0.2, 0) is 16.1 Å². The monoisotopic (exact) mass is 477 g/mol. The zero-order valence-corrected chi connectivity index (χ0v) is 19.0. The SMILES string of the molecule is CCNC(=NCC(C)COCc1ccccc1)NCCCOC(C)C.I. The Kier molecular flexibility index (Phi) is 15.8. The molecule has 0 aliphatic rings. The van der Waals surface area contributed by atoms with Crippen molar-refractivity contribution in [3.63, 3.8) is 0 Å². The Balaban J connectivity index is 0.00000625. The molecule has 5 nitrogen and oxygen atoms in total. The second kappa shape index (κ2) is 16.3. The van der Waals surface area contributed by atoms with Crippen molar-refractivity contribution in [2.24, 2.45) is 10.9 Å². The fourth-order valence-electron chi connectivity index (χ4n) is 2.19. The molecule has 0 spiro atoms. The number of nitrogens with zero attached hydrogens (tertiary/aromatic N) is 1. The van der Waals surface area contributed by atoms with Gasteiger partial charge < -0.3 is 20.1 Å². The van der Waals surface area contributed by atoms with Crippen LogP contribution >= 0.6 is 24.0 Å². The molecule has 1 rings (SSSR count). The van der Waals surface area contributed by atoms with Crippen molar-refractivity contribution < 1.29 is 9.47 Å². The van der Waals surface area contributed by atoms with E-state index in [0.29, 0.717) is 25.2 Å². The minimum atomic E-state index is 0. The van der Waals surface area contributed by atoms with Gasteiger partial charge in [0.1, 0.15) is 0 Å². The molecule has 6 heteroatoms. The number of halogens is 1. The number of nitrogens with one attached hydrogen (secondary N) is 2. The van der Waals surface area contributed by atoms with Crippen molar-refractivity contribution in [1.29, 1.82) is 0 Å². The summed E-state index contributed by atoms with van der Waals surface area (Å²) < 4.78 is 11.3. The van der Waals surface area contributed by atoms with Gasteiger partial charge in [-0.25, -0.2) is 0 Å². The fraction of sp³-hybridized carbons (Fsp3) is 0.650. The fourth-order valence-corrected chi connectivity index (χ4v) is 2.19. The zero-order chi connectivity index (χ0) is 18.3. The van der Waals surface area contributed by atoms with Gasteiger partial charge in [-0.2, -0.15) is 0 Å². The molecule has 150 valence electrons. The van der Waals surface area contributed by atoms with E-state index < -0.39 is 0 Å². The number of hydrogen-bond acceptors (Lipinski definition) is 3. The Labute approximate surface area is 176 Å². The first kappa shape index (κ1) is 25.1. The lowest BCUT2D eigenvalue weighted by Crippen LogP contribution is -2.38. The summed E-state index contributed by atoms with van der Waals surface area (Å²) in [6.45, 7) is 12.9. The van der Waals surface area contributed by atoms with Crippen molar-refractivity contribution >= 4 is 29.9 Å². The summed E-state index contributed by atoms with van der Waals surface area (Å²) >= 11 is 0. The highest BCUT2D eigenvalue weighted by Crippen LogP contribution is 2.03. The molecule has 0 saturated heterocycles. The third-order valence-electron chi connectivity index (χ3n) is 3.48. The summed E-state index contributed by atoms with van der Waals surface area (Å²) in [7, 11) is 0. The summed E-state index contributed by atoms with van der Waals surface area (Å²) in [5.41, 5.74) is 1.21. The number of guanidine groups is 1. The largest absolute Gasteiger partial charge is 0.379 e. The molecule has 1 unspecified atom stereocenters. The number of rotatable bonds is 12. The van der Waals surface area contributed by atoms with Crippen molar-refractivity contribution in [2.45, 2.75) is 46.8 Å². The van der Waals surface area contributed by atoms with Gasteiger partial charge in [0.25, 0.3) is 0 Å². The highest BCUT2D eigenvalue weighted by Gasteiger charge is 2.04. The number of hydrogen-bond donors (Lipinski definition) is 2. The molecule has 1 aromatic rings. The number of aliphatic imine (C=N–C) groups is 1. The van der Waals surface area contributed by atoms with Gasteiger partial charge in [-0.05, 0) is 38.7 Å². The van der Waals surface area contributed by atoms with Gasteiger partial charge in [-0.1, -0.05) is 37.3 Å². The molecule has 0 amide bonds. The lowest BCUT2D eigenvalue weighted by molar-refractivity contribution is 0.0776. The van der Waals surface area contributed by atoms with Crippen LogP contribution in [0.15, 0.2) is 35.3 Å². The summed E-state index contributed by atoms with van der Waals surface area (Å²) in [6.07, 6.45) is 1.26. The Morgan fingerprint density at radius 2 is 1.85 bits per heavy atom. The van der Waals surface area contributed by atoms with E-state index in [4.69, 9.17) is 9.47 Å². The quantitative estimate of drug-likeness (QED) is 0.208. The number of benzene rings is 1.